The molecule has 2 aliphatic heterocycles. The third kappa shape index (κ3) is 5.00. The molecule has 3 aromatic rings. The molecule has 0 aliphatic carbocycles. The summed E-state index contributed by atoms with van der Waals surface area (Å²) in [5, 5.41) is 11.6. The number of rotatable bonds is 7. The molecule has 1 N–H and O–H groups in total. The summed E-state index contributed by atoms with van der Waals surface area (Å²) < 4.78 is 15.7. The highest BCUT2D eigenvalue weighted by Gasteiger charge is 2.48. The summed E-state index contributed by atoms with van der Waals surface area (Å²) in [6, 6.07) is 10.1. The minimum Gasteiger partial charge on any atom is -0.507 e. The van der Waals surface area contributed by atoms with Gasteiger partial charge < -0.3 is 19.3 Å². The van der Waals surface area contributed by atoms with Gasteiger partial charge in [0.05, 0.1) is 30.0 Å². The largest absolute Gasteiger partial charge is 0.507 e. The summed E-state index contributed by atoms with van der Waals surface area (Å²) in [6.07, 6.45) is 2.03. The van der Waals surface area contributed by atoms with E-state index in [-0.39, 0.29) is 39.6 Å². The van der Waals surface area contributed by atoms with E-state index >= 15 is 0 Å². The molecule has 1 amide bonds. The minimum atomic E-state index is -1.10. The number of ether oxygens (including phenoxy) is 3. The number of carbonyl (C=O) groups excluding carboxylic acids is 4. The van der Waals surface area contributed by atoms with E-state index < -0.39 is 29.7 Å². The number of Topliss-reactive ketones (excluding diaryl/α,β-unsaturated/α-hetero) is 1. The Hall–Kier alpha value is -4.77. The molecule has 0 bridgehead atoms. The van der Waals surface area contributed by atoms with Gasteiger partial charge in [0.2, 0.25) is 0 Å². The summed E-state index contributed by atoms with van der Waals surface area (Å²) in [5.41, 5.74) is 2.07. The lowest BCUT2D eigenvalue weighted by Crippen LogP contribution is -2.29. The number of aliphatic hydroxyl groups is 1. The number of carbonyl (C=O) groups is 4. The summed E-state index contributed by atoms with van der Waals surface area (Å²) in [7, 11) is 1.26. The number of nitrogens with zero attached hydrogens (tertiary/aromatic N) is 2. The number of fused-ring (bicyclic) bond motifs is 1. The average Bonchev–Trinajstić information content (AvgIpc) is 3.62. The zero-order valence-corrected chi connectivity index (χ0v) is 23.3. The highest BCUT2D eigenvalue weighted by molar-refractivity contribution is 7.17. The van der Waals surface area contributed by atoms with E-state index in [1.54, 1.807) is 37.3 Å². The molecule has 10 nitrogen and oxygen atoms in total. The number of esters is 2. The molecule has 2 aliphatic rings. The molecule has 1 saturated heterocycles. The Labute approximate surface area is 239 Å². The third-order valence-corrected chi connectivity index (χ3v) is 7.91. The van der Waals surface area contributed by atoms with Gasteiger partial charge >= 0.3 is 17.8 Å². The summed E-state index contributed by atoms with van der Waals surface area (Å²) in [4.78, 5) is 57.4. The maximum atomic E-state index is 13.5. The van der Waals surface area contributed by atoms with Gasteiger partial charge in [-0.15, -0.1) is 0 Å². The van der Waals surface area contributed by atoms with Gasteiger partial charge in [-0.25, -0.2) is 14.6 Å². The number of hydrogen-bond acceptors (Lipinski definition) is 10. The molecular formula is C30H26N2O8S. The van der Waals surface area contributed by atoms with Gasteiger partial charge in [0, 0.05) is 12.0 Å². The number of hydrogen-bond donors (Lipinski definition) is 1. The molecule has 3 heterocycles. The van der Waals surface area contributed by atoms with E-state index in [0.717, 1.165) is 21.8 Å². The van der Waals surface area contributed by atoms with Crippen LogP contribution in [0.4, 0.5) is 5.13 Å². The second kappa shape index (κ2) is 11.0. The molecule has 2 atom stereocenters. The first-order valence-electron chi connectivity index (χ1n) is 12.7. The first kappa shape index (κ1) is 27.8. The molecule has 2 aromatic carbocycles. The highest BCUT2D eigenvalue weighted by Crippen LogP contribution is 2.44. The van der Waals surface area contributed by atoms with Crippen LogP contribution < -0.4 is 9.64 Å². The van der Waals surface area contributed by atoms with Crippen LogP contribution in [0.3, 0.4) is 0 Å². The lowest BCUT2D eigenvalue weighted by Gasteiger charge is -2.23. The zero-order valence-electron chi connectivity index (χ0n) is 22.5. The Balaban J connectivity index is 1.65. The number of methoxy groups -OCH3 is 1. The number of aliphatic hydroxyl groups excluding tert-OH is 1. The SMILES string of the molecule is C=CCOC(=O)c1sc(N2C(=O)C(=O)C(=C(O)c3ccc4c(c3)C[C@@H](C)O4)[C@@H]2c2ccc(C(=O)OC)cc2)nc1C. The number of aryl methyl sites for hydroxylation is 1. The number of ketones is 1. The van der Waals surface area contributed by atoms with Gasteiger partial charge in [-0.1, -0.05) is 36.1 Å². The standard InChI is InChI=1S/C30H26N2O8S/c1-5-12-39-29(37)26-16(3)31-30(41-26)32-23(17-6-8-18(9-7-17)28(36)38-4)22(25(34)27(32)35)24(33)19-10-11-21-20(14-19)13-15(2)40-21/h5-11,14-15,23,33H,1,12-13H2,2-4H3/t15-,23+/m1/s1. The number of amides is 1. The summed E-state index contributed by atoms with van der Waals surface area (Å²) in [6.45, 7) is 7.05. The molecule has 1 aromatic heterocycles. The quantitative estimate of drug-likeness (QED) is 0.142. The zero-order chi connectivity index (χ0) is 29.4. The fraction of sp³-hybridized carbons (Fsp3) is 0.233. The van der Waals surface area contributed by atoms with Crippen molar-refractivity contribution in [2.75, 3.05) is 18.6 Å². The van der Waals surface area contributed by atoms with E-state index in [9.17, 15) is 24.3 Å². The highest BCUT2D eigenvalue weighted by atomic mass is 32.1. The number of thiazole rings is 1. The van der Waals surface area contributed by atoms with Crippen molar-refractivity contribution in [2.45, 2.75) is 32.4 Å². The van der Waals surface area contributed by atoms with Gasteiger partial charge in [0.15, 0.2) is 5.13 Å². The van der Waals surface area contributed by atoms with Crippen LogP contribution in [0.2, 0.25) is 0 Å². The van der Waals surface area contributed by atoms with Crippen LogP contribution >= 0.6 is 11.3 Å². The van der Waals surface area contributed by atoms with Crippen LogP contribution in [0, 0.1) is 6.92 Å². The summed E-state index contributed by atoms with van der Waals surface area (Å²) >= 11 is 0.895. The van der Waals surface area contributed by atoms with Crippen molar-refractivity contribution in [3.05, 3.63) is 93.5 Å². The van der Waals surface area contributed by atoms with Crippen LogP contribution in [-0.2, 0) is 25.5 Å². The third-order valence-electron chi connectivity index (χ3n) is 6.77. The van der Waals surface area contributed by atoms with Crippen LogP contribution in [0.1, 0.15) is 55.4 Å². The number of aromatic nitrogens is 1. The minimum absolute atomic E-state index is 0.00679. The van der Waals surface area contributed by atoms with Gasteiger partial charge in [0.25, 0.3) is 5.78 Å². The first-order chi connectivity index (χ1) is 19.6. The van der Waals surface area contributed by atoms with Gasteiger partial charge in [-0.05, 0) is 55.3 Å². The smallest absolute Gasteiger partial charge is 0.350 e. The van der Waals surface area contributed by atoms with E-state index in [2.05, 4.69) is 11.6 Å². The maximum absolute atomic E-state index is 13.5. The Morgan fingerprint density at radius 2 is 1.88 bits per heavy atom. The number of anilines is 1. The second-order valence-electron chi connectivity index (χ2n) is 9.54. The fourth-order valence-corrected chi connectivity index (χ4v) is 5.85. The monoisotopic (exact) mass is 574 g/mol. The van der Waals surface area contributed by atoms with Gasteiger partial charge in [0.1, 0.15) is 29.1 Å². The fourth-order valence-electron chi connectivity index (χ4n) is 4.86. The second-order valence-corrected chi connectivity index (χ2v) is 10.5. The Morgan fingerprint density at radius 1 is 1.17 bits per heavy atom. The van der Waals surface area contributed by atoms with E-state index in [0.29, 0.717) is 29.0 Å². The number of benzene rings is 2. The van der Waals surface area contributed by atoms with Crippen molar-refractivity contribution in [1.29, 1.82) is 0 Å². The van der Waals surface area contributed by atoms with Crippen molar-refractivity contribution in [2.24, 2.45) is 0 Å². The molecule has 1 fully saturated rings. The Morgan fingerprint density at radius 3 is 2.56 bits per heavy atom. The molecule has 0 spiro atoms. The lowest BCUT2D eigenvalue weighted by molar-refractivity contribution is -0.132. The molecule has 0 unspecified atom stereocenters. The van der Waals surface area contributed by atoms with Crippen molar-refractivity contribution in [3.8, 4) is 5.75 Å². The predicted molar refractivity (Wildman–Crippen MR) is 150 cm³/mol. The first-order valence-corrected chi connectivity index (χ1v) is 13.5. The molecule has 210 valence electrons. The van der Waals surface area contributed by atoms with Crippen LogP contribution in [0.15, 0.2) is 60.7 Å². The van der Waals surface area contributed by atoms with Crippen LogP contribution in [0.25, 0.3) is 5.76 Å². The Bertz CT molecular complexity index is 1620. The molecule has 0 radical (unpaired) electrons. The normalized spacial score (nSPS) is 19.0. The molecule has 41 heavy (non-hydrogen) atoms. The van der Waals surface area contributed by atoms with Crippen LogP contribution in [-0.4, -0.2) is 53.5 Å². The van der Waals surface area contributed by atoms with Crippen LogP contribution in [0.5, 0.6) is 5.75 Å². The summed E-state index contributed by atoms with van der Waals surface area (Å²) in [5.74, 6) is -2.72. The lowest BCUT2D eigenvalue weighted by atomic mass is 9.94. The maximum Gasteiger partial charge on any atom is 0.350 e. The van der Waals surface area contributed by atoms with E-state index in [1.807, 2.05) is 6.92 Å². The molecular weight excluding hydrogens is 548 g/mol. The van der Waals surface area contributed by atoms with Crippen molar-refractivity contribution in [1.82, 2.24) is 4.98 Å². The predicted octanol–water partition coefficient (Wildman–Crippen LogP) is 4.53. The molecule has 11 heteroatoms. The van der Waals surface area contributed by atoms with Crippen molar-refractivity contribution < 1.29 is 38.5 Å². The molecule has 0 saturated carbocycles. The van der Waals surface area contributed by atoms with Crippen molar-refractivity contribution >= 4 is 45.9 Å². The van der Waals surface area contributed by atoms with Gasteiger partial charge in [-0.3, -0.25) is 14.5 Å². The average molecular weight is 575 g/mol. The topological polar surface area (TPSA) is 132 Å². The van der Waals surface area contributed by atoms with E-state index in [1.165, 1.54) is 25.3 Å². The van der Waals surface area contributed by atoms with Crippen molar-refractivity contribution in [3.63, 3.8) is 0 Å². The molecule has 5 rings (SSSR count). The van der Waals surface area contributed by atoms with Gasteiger partial charge in [-0.2, -0.15) is 0 Å². The Kier molecular flexibility index (Phi) is 7.46. The van der Waals surface area contributed by atoms with E-state index in [4.69, 9.17) is 14.2 Å².